The van der Waals surface area contributed by atoms with Gasteiger partial charge in [0, 0.05) is 38.2 Å². The molecule has 6 nitrogen and oxygen atoms in total. The van der Waals surface area contributed by atoms with E-state index in [0.29, 0.717) is 34.2 Å². The molecule has 9 rings (SSSR count). The molecule has 0 aliphatic carbocycles. The van der Waals surface area contributed by atoms with Gasteiger partial charge in [0.1, 0.15) is 22.3 Å². The van der Waals surface area contributed by atoms with Gasteiger partial charge in [0.15, 0.2) is 17.5 Å². The molecule has 0 saturated heterocycles. The van der Waals surface area contributed by atoms with Gasteiger partial charge in [0.25, 0.3) is 0 Å². The van der Waals surface area contributed by atoms with Gasteiger partial charge in [-0.2, -0.15) is 5.26 Å². The zero-order chi connectivity index (χ0) is 30.6. The number of fused-ring (bicyclic) bond motifs is 6. The average molecular weight is 591 g/mol. The van der Waals surface area contributed by atoms with E-state index in [0.717, 1.165) is 60.5 Å². The molecule has 0 spiro atoms. The Labute approximate surface area is 262 Å². The smallest absolute Gasteiger partial charge is 0.164 e. The van der Waals surface area contributed by atoms with E-state index in [-0.39, 0.29) is 0 Å². The second-order valence-corrected chi connectivity index (χ2v) is 11.2. The minimum absolute atomic E-state index is 0.528. The standard InChI is InChI=1S/C40H22N4O2/c41-23-24-14-17-30-31-18-15-27(21-35(31)46-34(30)20-24)39-42-38(26-10-5-2-6-11-26)43-40(44-39)28-16-19-32-36(22-28)45-33-13-7-12-29(37(32)33)25-8-3-1-4-9-25/h1-22H. The molecule has 46 heavy (non-hydrogen) atoms. The highest BCUT2D eigenvalue weighted by Gasteiger charge is 2.17. The molecule has 214 valence electrons. The van der Waals surface area contributed by atoms with Gasteiger partial charge < -0.3 is 8.83 Å². The zero-order valence-electron chi connectivity index (χ0n) is 24.3. The highest BCUT2D eigenvalue weighted by molar-refractivity contribution is 6.13. The Morgan fingerprint density at radius 1 is 0.435 bits per heavy atom. The van der Waals surface area contributed by atoms with E-state index in [1.54, 1.807) is 12.1 Å². The lowest BCUT2D eigenvalue weighted by molar-refractivity contribution is 0.668. The van der Waals surface area contributed by atoms with Crippen molar-refractivity contribution in [3.05, 3.63) is 139 Å². The van der Waals surface area contributed by atoms with E-state index in [9.17, 15) is 5.26 Å². The first-order valence-corrected chi connectivity index (χ1v) is 14.9. The Hall–Kier alpha value is -6.58. The minimum Gasteiger partial charge on any atom is -0.456 e. The number of benzene rings is 6. The van der Waals surface area contributed by atoms with Crippen LogP contribution in [0.4, 0.5) is 0 Å². The molecule has 0 amide bonds. The summed E-state index contributed by atoms with van der Waals surface area (Å²) in [7, 11) is 0. The number of aromatic nitrogens is 3. The SMILES string of the molecule is N#Cc1ccc2c(c1)oc1cc(-c3nc(-c4ccccc4)nc(-c4ccc5c(c4)oc4cccc(-c6ccccc6)c45)n3)ccc12. The van der Waals surface area contributed by atoms with E-state index in [2.05, 4.69) is 30.3 Å². The minimum atomic E-state index is 0.528. The van der Waals surface area contributed by atoms with Crippen LogP contribution in [0.1, 0.15) is 5.56 Å². The number of nitrogens with zero attached hydrogens (tertiary/aromatic N) is 4. The maximum atomic E-state index is 9.34. The van der Waals surface area contributed by atoms with Crippen LogP contribution >= 0.6 is 0 Å². The number of hydrogen-bond acceptors (Lipinski definition) is 6. The molecule has 6 aromatic carbocycles. The topological polar surface area (TPSA) is 88.7 Å². The highest BCUT2D eigenvalue weighted by atomic mass is 16.3. The first-order valence-electron chi connectivity index (χ1n) is 14.9. The predicted octanol–water partition coefficient (Wildman–Crippen LogP) is 10.2. The molecule has 3 aromatic heterocycles. The quantitative estimate of drug-likeness (QED) is 0.203. The van der Waals surface area contributed by atoms with Crippen molar-refractivity contribution in [2.75, 3.05) is 0 Å². The first kappa shape index (κ1) is 25.9. The second kappa shape index (κ2) is 10.3. The number of furan rings is 2. The van der Waals surface area contributed by atoms with Crippen LogP contribution in [-0.2, 0) is 0 Å². The van der Waals surface area contributed by atoms with Gasteiger partial charge in [0.2, 0.25) is 0 Å². The van der Waals surface area contributed by atoms with E-state index in [1.165, 1.54) is 0 Å². The molecule has 3 heterocycles. The Kier molecular flexibility index (Phi) is 5.77. The molecule has 0 bridgehead atoms. The summed E-state index contributed by atoms with van der Waals surface area (Å²) in [6, 6.07) is 46.2. The highest BCUT2D eigenvalue weighted by Crippen LogP contribution is 2.38. The van der Waals surface area contributed by atoms with Crippen molar-refractivity contribution in [2.45, 2.75) is 0 Å². The Bertz CT molecular complexity index is 2650. The normalized spacial score (nSPS) is 11.5. The van der Waals surface area contributed by atoms with Gasteiger partial charge in [0.05, 0.1) is 11.6 Å². The number of nitriles is 1. The Morgan fingerprint density at radius 2 is 0.978 bits per heavy atom. The van der Waals surface area contributed by atoms with Gasteiger partial charge in [-0.05, 0) is 59.7 Å². The van der Waals surface area contributed by atoms with Crippen LogP contribution in [0.5, 0.6) is 0 Å². The maximum absolute atomic E-state index is 9.34. The van der Waals surface area contributed by atoms with Gasteiger partial charge in [-0.25, -0.2) is 15.0 Å². The van der Waals surface area contributed by atoms with Crippen molar-refractivity contribution in [2.24, 2.45) is 0 Å². The van der Waals surface area contributed by atoms with Crippen LogP contribution in [0.3, 0.4) is 0 Å². The zero-order valence-corrected chi connectivity index (χ0v) is 24.3. The third kappa shape index (κ3) is 4.22. The van der Waals surface area contributed by atoms with Crippen molar-refractivity contribution >= 4 is 43.9 Å². The van der Waals surface area contributed by atoms with Crippen LogP contribution in [0.25, 0.3) is 89.2 Å². The van der Waals surface area contributed by atoms with E-state index >= 15 is 0 Å². The summed E-state index contributed by atoms with van der Waals surface area (Å²) in [6.45, 7) is 0. The van der Waals surface area contributed by atoms with Gasteiger partial charge >= 0.3 is 0 Å². The third-order valence-corrected chi connectivity index (χ3v) is 8.37. The average Bonchev–Trinajstić information content (AvgIpc) is 3.69. The molecule has 0 unspecified atom stereocenters. The lowest BCUT2D eigenvalue weighted by Crippen LogP contribution is -2.00. The molecule has 6 heteroatoms. The molecule has 0 fully saturated rings. The fourth-order valence-corrected chi connectivity index (χ4v) is 6.16. The maximum Gasteiger partial charge on any atom is 0.164 e. The van der Waals surface area contributed by atoms with Crippen molar-refractivity contribution in [3.8, 4) is 51.4 Å². The lowest BCUT2D eigenvalue weighted by atomic mass is 9.99. The van der Waals surface area contributed by atoms with Crippen molar-refractivity contribution in [1.29, 1.82) is 5.26 Å². The van der Waals surface area contributed by atoms with Gasteiger partial charge in [-0.15, -0.1) is 0 Å². The van der Waals surface area contributed by atoms with E-state index in [4.69, 9.17) is 23.8 Å². The van der Waals surface area contributed by atoms with Crippen LogP contribution < -0.4 is 0 Å². The van der Waals surface area contributed by atoms with Crippen molar-refractivity contribution in [3.63, 3.8) is 0 Å². The predicted molar refractivity (Wildman–Crippen MR) is 181 cm³/mol. The summed E-state index contributed by atoms with van der Waals surface area (Å²) in [5, 5.41) is 13.4. The third-order valence-electron chi connectivity index (χ3n) is 8.37. The largest absolute Gasteiger partial charge is 0.456 e. The van der Waals surface area contributed by atoms with Crippen LogP contribution in [0.15, 0.2) is 142 Å². The Balaban J connectivity index is 1.21. The number of rotatable bonds is 4. The molecule has 0 aliphatic heterocycles. The van der Waals surface area contributed by atoms with Crippen LogP contribution in [0, 0.1) is 11.3 Å². The summed E-state index contributed by atoms with van der Waals surface area (Å²) >= 11 is 0. The van der Waals surface area contributed by atoms with Crippen molar-refractivity contribution < 1.29 is 8.83 Å². The molecule has 0 aliphatic rings. The molecule has 0 saturated carbocycles. The summed E-state index contributed by atoms with van der Waals surface area (Å²) in [5.41, 5.74) is 8.29. The summed E-state index contributed by atoms with van der Waals surface area (Å²) in [5.74, 6) is 1.64. The molecular formula is C40H22N4O2. The monoisotopic (exact) mass is 590 g/mol. The summed E-state index contributed by atoms with van der Waals surface area (Å²) < 4.78 is 12.6. The van der Waals surface area contributed by atoms with Crippen LogP contribution in [-0.4, -0.2) is 15.0 Å². The summed E-state index contributed by atoms with van der Waals surface area (Å²) in [6.07, 6.45) is 0. The molecular weight excluding hydrogens is 568 g/mol. The second-order valence-electron chi connectivity index (χ2n) is 11.2. The van der Waals surface area contributed by atoms with Crippen LogP contribution in [0.2, 0.25) is 0 Å². The van der Waals surface area contributed by atoms with E-state index < -0.39 is 0 Å². The van der Waals surface area contributed by atoms with Gasteiger partial charge in [-0.1, -0.05) is 84.9 Å². The number of hydrogen-bond donors (Lipinski definition) is 0. The first-order chi connectivity index (χ1) is 22.7. The molecule has 0 atom stereocenters. The lowest BCUT2D eigenvalue weighted by Gasteiger charge is -2.08. The molecule has 0 N–H and O–H groups in total. The summed E-state index contributed by atoms with van der Waals surface area (Å²) in [4.78, 5) is 14.8. The fourth-order valence-electron chi connectivity index (χ4n) is 6.16. The Morgan fingerprint density at radius 3 is 1.65 bits per heavy atom. The van der Waals surface area contributed by atoms with E-state index in [1.807, 2.05) is 97.1 Å². The van der Waals surface area contributed by atoms with Crippen molar-refractivity contribution in [1.82, 2.24) is 15.0 Å². The molecule has 9 aromatic rings. The van der Waals surface area contributed by atoms with Gasteiger partial charge in [-0.3, -0.25) is 0 Å². The molecule has 0 radical (unpaired) electrons. The fraction of sp³-hybridized carbons (Fsp3) is 0.